The van der Waals surface area contributed by atoms with Crippen LogP contribution in [0.2, 0.25) is 0 Å². The third-order valence-corrected chi connectivity index (χ3v) is 2.26. The first-order valence-corrected chi connectivity index (χ1v) is 5.54. The molecule has 0 aliphatic heterocycles. The second-order valence-electron chi connectivity index (χ2n) is 3.96. The summed E-state index contributed by atoms with van der Waals surface area (Å²) in [4.78, 5) is 0. The summed E-state index contributed by atoms with van der Waals surface area (Å²) in [5.74, 6) is 0.945. The molecule has 0 saturated carbocycles. The van der Waals surface area contributed by atoms with Gasteiger partial charge in [-0.2, -0.15) is 0 Å². The Morgan fingerprint density at radius 1 is 1.40 bits per heavy atom. The fraction of sp³-hybridized carbons (Fsp3) is 0.538. The van der Waals surface area contributed by atoms with Gasteiger partial charge in [-0.15, -0.1) is 0 Å². The van der Waals surface area contributed by atoms with Gasteiger partial charge in [0.25, 0.3) is 0 Å². The van der Waals surface area contributed by atoms with Gasteiger partial charge in [-0.3, -0.25) is 0 Å². The van der Waals surface area contributed by atoms with Gasteiger partial charge in [-0.1, -0.05) is 25.1 Å². The second-order valence-corrected chi connectivity index (χ2v) is 3.96. The van der Waals surface area contributed by atoms with Crippen LogP contribution in [-0.4, -0.2) is 17.8 Å². The van der Waals surface area contributed by atoms with E-state index in [-0.39, 0.29) is 6.10 Å². The van der Waals surface area contributed by atoms with E-state index in [0.29, 0.717) is 6.42 Å². The maximum atomic E-state index is 9.39. The topological polar surface area (TPSA) is 29.5 Å². The molecule has 1 aromatic rings. The number of aliphatic hydroxyl groups is 1. The minimum absolute atomic E-state index is 0.323. The molecule has 0 fully saturated rings. The minimum atomic E-state index is -0.323. The Balaban J connectivity index is 2.87. The third-order valence-electron chi connectivity index (χ3n) is 2.26. The van der Waals surface area contributed by atoms with Gasteiger partial charge in [0.05, 0.1) is 12.7 Å². The predicted molar refractivity (Wildman–Crippen MR) is 62.3 cm³/mol. The van der Waals surface area contributed by atoms with Crippen LogP contribution in [0.25, 0.3) is 0 Å². The Hall–Kier alpha value is -1.02. The molecule has 2 nitrogen and oxygen atoms in total. The van der Waals surface area contributed by atoms with Crippen molar-refractivity contribution in [3.8, 4) is 5.75 Å². The molecule has 0 aliphatic rings. The van der Waals surface area contributed by atoms with Crippen LogP contribution < -0.4 is 4.74 Å². The van der Waals surface area contributed by atoms with E-state index in [1.165, 1.54) is 0 Å². The molecule has 1 unspecified atom stereocenters. The molecule has 1 N–H and O–H groups in total. The summed E-state index contributed by atoms with van der Waals surface area (Å²) in [6.07, 6.45) is 1.33. The summed E-state index contributed by atoms with van der Waals surface area (Å²) in [7, 11) is 0. The van der Waals surface area contributed by atoms with E-state index in [9.17, 15) is 5.11 Å². The smallest absolute Gasteiger partial charge is 0.125 e. The van der Waals surface area contributed by atoms with Crippen LogP contribution in [0.4, 0.5) is 0 Å². The fourth-order valence-electron chi connectivity index (χ4n) is 1.60. The van der Waals surface area contributed by atoms with Crippen LogP contribution in [0.1, 0.15) is 31.4 Å². The first-order valence-electron chi connectivity index (χ1n) is 5.54. The van der Waals surface area contributed by atoms with E-state index in [4.69, 9.17) is 4.74 Å². The van der Waals surface area contributed by atoms with Gasteiger partial charge in [0.15, 0.2) is 0 Å². The largest absolute Gasteiger partial charge is 0.493 e. The lowest BCUT2D eigenvalue weighted by molar-refractivity contribution is 0.193. The van der Waals surface area contributed by atoms with Crippen LogP contribution in [0.15, 0.2) is 18.2 Å². The summed E-state index contributed by atoms with van der Waals surface area (Å²) in [5.41, 5.74) is 2.24. The quantitative estimate of drug-likeness (QED) is 0.806. The Kier molecular flexibility index (Phi) is 4.63. The molecule has 0 heterocycles. The van der Waals surface area contributed by atoms with Crippen LogP contribution in [0, 0.1) is 6.92 Å². The summed E-state index contributed by atoms with van der Waals surface area (Å²) < 4.78 is 5.71. The molecule has 0 bridgehead atoms. The van der Waals surface area contributed by atoms with E-state index in [2.05, 4.69) is 6.92 Å². The number of hydrogen-bond donors (Lipinski definition) is 1. The van der Waals surface area contributed by atoms with E-state index in [1.807, 2.05) is 25.1 Å². The van der Waals surface area contributed by atoms with Crippen molar-refractivity contribution in [3.63, 3.8) is 0 Å². The fourth-order valence-corrected chi connectivity index (χ4v) is 1.60. The number of para-hydroxylation sites is 1. The zero-order valence-corrected chi connectivity index (χ0v) is 9.79. The zero-order valence-electron chi connectivity index (χ0n) is 9.79. The van der Waals surface area contributed by atoms with Gasteiger partial charge in [0.2, 0.25) is 0 Å². The average Bonchev–Trinajstić information content (AvgIpc) is 2.16. The number of hydrogen-bond acceptors (Lipinski definition) is 2. The molecule has 1 rings (SSSR count). The first kappa shape index (κ1) is 12.1. The second kappa shape index (κ2) is 5.76. The Morgan fingerprint density at radius 3 is 2.73 bits per heavy atom. The Labute approximate surface area is 91.9 Å². The molecule has 0 amide bonds. The average molecular weight is 208 g/mol. The van der Waals surface area contributed by atoms with Gasteiger partial charge >= 0.3 is 0 Å². The minimum Gasteiger partial charge on any atom is -0.493 e. The van der Waals surface area contributed by atoms with Crippen LogP contribution in [0.3, 0.4) is 0 Å². The predicted octanol–water partition coefficient (Wildman–Crippen LogP) is 2.71. The molecule has 0 aliphatic carbocycles. The normalized spacial score (nSPS) is 12.5. The SMILES string of the molecule is CCCOc1c(C)cccc1CC(C)O. The van der Waals surface area contributed by atoms with Gasteiger partial charge in [-0.25, -0.2) is 0 Å². The number of ether oxygens (including phenoxy) is 1. The Morgan fingerprint density at radius 2 is 2.13 bits per heavy atom. The van der Waals surface area contributed by atoms with Crippen molar-refractivity contribution in [2.45, 2.75) is 39.7 Å². The van der Waals surface area contributed by atoms with Gasteiger partial charge < -0.3 is 9.84 Å². The van der Waals surface area contributed by atoms with Gasteiger partial charge in [-0.05, 0) is 31.4 Å². The number of rotatable bonds is 5. The standard InChI is InChI=1S/C13H20O2/c1-4-8-15-13-10(2)6-5-7-12(13)9-11(3)14/h5-7,11,14H,4,8-9H2,1-3H3. The lowest BCUT2D eigenvalue weighted by Crippen LogP contribution is -2.08. The van der Waals surface area contributed by atoms with E-state index in [1.54, 1.807) is 6.92 Å². The van der Waals surface area contributed by atoms with Crippen LogP contribution in [0.5, 0.6) is 5.75 Å². The Bertz CT molecular complexity index is 305. The third kappa shape index (κ3) is 3.56. The highest BCUT2D eigenvalue weighted by Gasteiger charge is 2.08. The lowest BCUT2D eigenvalue weighted by Gasteiger charge is -2.14. The van der Waals surface area contributed by atoms with Crippen molar-refractivity contribution in [1.29, 1.82) is 0 Å². The summed E-state index contributed by atoms with van der Waals surface area (Å²) in [5, 5.41) is 9.39. The highest BCUT2D eigenvalue weighted by molar-refractivity contribution is 5.41. The molecule has 0 spiro atoms. The molecule has 2 heteroatoms. The molecule has 1 atom stereocenters. The highest BCUT2D eigenvalue weighted by atomic mass is 16.5. The van der Waals surface area contributed by atoms with Crippen molar-refractivity contribution in [2.75, 3.05) is 6.61 Å². The monoisotopic (exact) mass is 208 g/mol. The van der Waals surface area contributed by atoms with Crippen molar-refractivity contribution in [2.24, 2.45) is 0 Å². The van der Waals surface area contributed by atoms with Crippen molar-refractivity contribution < 1.29 is 9.84 Å². The first-order chi connectivity index (χ1) is 7.15. The summed E-state index contributed by atoms with van der Waals surface area (Å²) >= 11 is 0. The lowest BCUT2D eigenvalue weighted by atomic mass is 10.0. The molecular formula is C13H20O2. The zero-order chi connectivity index (χ0) is 11.3. The van der Waals surface area contributed by atoms with E-state index in [0.717, 1.165) is 29.9 Å². The van der Waals surface area contributed by atoms with E-state index < -0.39 is 0 Å². The summed E-state index contributed by atoms with van der Waals surface area (Å²) in [6.45, 7) is 6.66. The number of benzene rings is 1. The van der Waals surface area contributed by atoms with E-state index >= 15 is 0 Å². The maximum absolute atomic E-state index is 9.39. The molecule has 0 saturated heterocycles. The van der Waals surface area contributed by atoms with Crippen LogP contribution in [-0.2, 0) is 6.42 Å². The highest BCUT2D eigenvalue weighted by Crippen LogP contribution is 2.24. The van der Waals surface area contributed by atoms with Crippen LogP contribution >= 0.6 is 0 Å². The molecule has 84 valence electrons. The molecule has 1 aromatic carbocycles. The molecular weight excluding hydrogens is 188 g/mol. The van der Waals surface area contributed by atoms with Crippen molar-refractivity contribution >= 4 is 0 Å². The molecule has 0 radical (unpaired) electrons. The molecule has 0 aromatic heterocycles. The number of aryl methyl sites for hydroxylation is 1. The number of aliphatic hydroxyl groups excluding tert-OH is 1. The van der Waals surface area contributed by atoms with Gasteiger partial charge in [0.1, 0.15) is 5.75 Å². The van der Waals surface area contributed by atoms with Gasteiger partial charge in [0, 0.05) is 6.42 Å². The maximum Gasteiger partial charge on any atom is 0.125 e. The van der Waals surface area contributed by atoms with Crippen molar-refractivity contribution in [3.05, 3.63) is 29.3 Å². The van der Waals surface area contributed by atoms with Crippen molar-refractivity contribution in [1.82, 2.24) is 0 Å². The summed E-state index contributed by atoms with van der Waals surface area (Å²) in [6, 6.07) is 6.06. The molecule has 15 heavy (non-hydrogen) atoms.